The predicted molar refractivity (Wildman–Crippen MR) is 149 cm³/mol. The Bertz CT molecular complexity index is 1250. The molecule has 1 aromatic heterocycles. The van der Waals surface area contributed by atoms with Crippen LogP contribution >= 0.6 is 34.2 Å². The van der Waals surface area contributed by atoms with Crippen molar-refractivity contribution in [3.05, 3.63) is 29.4 Å². The number of nitrogens with zero attached hydrogens (tertiary/aromatic N) is 2. The Kier molecular flexibility index (Phi) is 8.17. The summed E-state index contributed by atoms with van der Waals surface area (Å²) in [4.78, 5) is 45.0. The minimum absolute atomic E-state index is 0.0861. The molecule has 2 fully saturated rings. The molecule has 1 saturated heterocycles. The first-order valence-corrected chi connectivity index (χ1v) is 13.9. The van der Waals surface area contributed by atoms with E-state index in [1.807, 2.05) is 6.07 Å². The average Bonchev–Trinajstić information content (AvgIpc) is 3.29. The number of nitrogens with one attached hydrogen (secondary N) is 1. The number of rotatable bonds is 7. The summed E-state index contributed by atoms with van der Waals surface area (Å²) in [7, 11) is 1.55. The van der Waals surface area contributed by atoms with Gasteiger partial charge < -0.3 is 24.3 Å². The fraction of sp³-hybridized carbons (Fsp3) is 0.538. The molecule has 0 spiro atoms. The molecule has 1 aromatic carbocycles. The molecule has 0 unspecified atom stereocenters. The van der Waals surface area contributed by atoms with Crippen molar-refractivity contribution in [2.75, 3.05) is 20.3 Å². The number of hydrogen-bond acceptors (Lipinski definition) is 8. The van der Waals surface area contributed by atoms with Crippen molar-refractivity contribution < 1.29 is 33.3 Å². The molecule has 12 heteroatoms. The van der Waals surface area contributed by atoms with E-state index in [-0.39, 0.29) is 23.5 Å². The third kappa shape index (κ3) is 5.88. The van der Waals surface area contributed by atoms with Crippen LogP contribution in [0.1, 0.15) is 40.5 Å². The second-order valence-electron chi connectivity index (χ2n) is 10.3. The zero-order chi connectivity index (χ0) is 27.8. The van der Waals surface area contributed by atoms with Gasteiger partial charge in [0.15, 0.2) is 5.54 Å². The molecule has 2 aliphatic rings. The zero-order valence-electron chi connectivity index (χ0n) is 21.9. The van der Waals surface area contributed by atoms with E-state index in [1.54, 1.807) is 53.1 Å². The highest BCUT2D eigenvalue weighted by Gasteiger charge is 2.62. The highest BCUT2D eigenvalue weighted by molar-refractivity contribution is 14.1. The Morgan fingerprint density at radius 1 is 1.26 bits per heavy atom. The van der Waals surface area contributed by atoms with Crippen LogP contribution in [-0.4, -0.2) is 75.3 Å². The topological polar surface area (TPSA) is 116 Å². The third-order valence-corrected chi connectivity index (χ3v) is 8.07. The standard InChI is InChI=1S/C26H31ClIN3O7/c1-6-36-23(33)26(11-20(26)28)30-21(32)18-10-15(13-31(18)24(34)38-25(2,3)4)37-22-17-9-14(27)7-8-16(17)19(35-5)12-29-22/h7-9,12,15,18,20H,6,10-11,13H2,1-5H3,(H,30,32)/t15-,18+,20-,26-/m1/s1. The molecule has 1 saturated carbocycles. The van der Waals surface area contributed by atoms with Crippen LogP contribution in [0.3, 0.4) is 0 Å². The summed E-state index contributed by atoms with van der Waals surface area (Å²) in [5.41, 5.74) is -1.87. The van der Waals surface area contributed by atoms with Crippen molar-refractivity contribution in [2.45, 2.75) is 67.7 Å². The molecule has 4 rings (SSSR count). The van der Waals surface area contributed by atoms with Gasteiger partial charge in [-0.05, 0) is 52.3 Å². The second kappa shape index (κ2) is 10.9. The van der Waals surface area contributed by atoms with E-state index in [1.165, 1.54) is 4.90 Å². The lowest BCUT2D eigenvalue weighted by atomic mass is 10.1. The number of carbonyl (C=O) groups excluding carboxylic acids is 3. The fourth-order valence-corrected chi connectivity index (χ4v) is 5.69. The van der Waals surface area contributed by atoms with E-state index >= 15 is 0 Å². The molecule has 2 heterocycles. The first kappa shape index (κ1) is 28.5. The summed E-state index contributed by atoms with van der Waals surface area (Å²) in [6.45, 7) is 7.26. The SMILES string of the molecule is CCOC(=O)[C@@]1(NC(=O)[C@@H]2C[C@@H](Oc3ncc(OC)c4ccc(Cl)cc34)CN2C(=O)OC(C)(C)C)C[C@H]1I. The van der Waals surface area contributed by atoms with Gasteiger partial charge in [0.05, 0.1) is 26.5 Å². The molecular formula is C26H31ClIN3O7. The minimum atomic E-state index is -1.10. The van der Waals surface area contributed by atoms with Gasteiger partial charge in [-0.1, -0.05) is 34.2 Å². The minimum Gasteiger partial charge on any atom is -0.494 e. The molecule has 2 aromatic rings. The number of ether oxygens (including phenoxy) is 4. The van der Waals surface area contributed by atoms with Crippen molar-refractivity contribution in [1.29, 1.82) is 0 Å². The monoisotopic (exact) mass is 659 g/mol. The lowest BCUT2D eigenvalue weighted by Crippen LogP contribution is -2.54. The van der Waals surface area contributed by atoms with Gasteiger partial charge in [-0.25, -0.2) is 14.6 Å². The third-order valence-electron chi connectivity index (χ3n) is 6.33. The Hall–Kier alpha value is -2.54. The maximum atomic E-state index is 13.5. The molecule has 1 aliphatic heterocycles. The van der Waals surface area contributed by atoms with Gasteiger partial charge in [-0.15, -0.1) is 0 Å². The first-order chi connectivity index (χ1) is 17.9. The molecule has 1 N–H and O–H groups in total. The van der Waals surface area contributed by atoms with E-state index in [9.17, 15) is 14.4 Å². The highest BCUT2D eigenvalue weighted by atomic mass is 127. The number of esters is 1. The van der Waals surface area contributed by atoms with Gasteiger partial charge in [-0.2, -0.15) is 0 Å². The van der Waals surface area contributed by atoms with Gasteiger partial charge in [0, 0.05) is 26.1 Å². The molecule has 4 atom stereocenters. The molecule has 38 heavy (non-hydrogen) atoms. The van der Waals surface area contributed by atoms with E-state index in [0.717, 1.165) is 5.39 Å². The number of carbonyl (C=O) groups is 3. The van der Waals surface area contributed by atoms with Crippen LogP contribution in [0.25, 0.3) is 10.8 Å². The Balaban J connectivity index is 1.59. The zero-order valence-corrected chi connectivity index (χ0v) is 24.8. The number of likely N-dealkylation sites (tertiary alicyclic amines) is 1. The van der Waals surface area contributed by atoms with Gasteiger partial charge in [0.2, 0.25) is 11.8 Å². The fourth-order valence-electron chi connectivity index (χ4n) is 4.41. The number of halogens is 2. The first-order valence-electron chi connectivity index (χ1n) is 12.3. The van der Waals surface area contributed by atoms with E-state index in [4.69, 9.17) is 30.5 Å². The summed E-state index contributed by atoms with van der Waals surface area (Å²) >= 11 is 8.35. The van der Waals surface area contributed by atoms with E-state index in [2.05, 4.69) is 32.9 Å². The molecule has 10 nitrogen and oxygen atoms in total. The van der Waals surface area contributed by atoms with E-state index in [0.29, 0.717) is 28.5 Å². The van der Waals surface area contributed by atoms with Crippen LogP contribution in [0.4, 0.5) is 4.79 Å². The van der Waals surface area contributed by atoms with Gasteiger partial charge in [-0.3, -0.25) is 9.69 Å². The molecule has 0 radical (unpaired) electrons. The number of methoxy groups -OCH3 is 1. The normalized spacial score (nSPS) is 24.6. The molecule has 1 aliphatic carbocycles. The number of amides is 2. The Morgan fingerprint density at radius 2 is 1.97 bits per heavy atom. The molecular weight excluding hydrogens is 629 g/mol. The number of benzene rings is 1. The number of pyridine rings is 1. The van der Waals surface area contributed by atoms with Gasteiger partial charge in [0.1, 0.15) is 23.5 Å². The van der Waals surface area contributed by atoms with Crippen molar-refractivity contribution in [3.8, 4) is 11.6 Å². The molecule has 2 amide bonds. The maximum absolute atomic E-state index is 13.5. The lowest BCUT2D eigenvalue weighted by Gasteiger charge is -2.28. The summed E-state index contributed by atoms with van der Waals surface area (Å²) < 4.78 is 22.3. The maximum Gasteiger partial charge on any atom is 0.411 e. The highest BCUT2D eigenvalue weighted by Crippen LogP contribution is 2.44. The second-order valence-corrected chi connectivity index (χ2v) is 12.2. The Morgan fingerprint density at radius 3 is 2.58 bits per heavy atom. The number of fused-ring (bicyclic) bond motifs is 1. The summed E-state index contributed by atoms with van der Waals surface area (Å²) in [5, 5.41) is 4.75. The van der Waals surface area contributed by atoms with Crippen molar-refractivity contribution in [1.82, 2.24) is 15.2 Å². The van der Waals surface area contributed by atoms with Crippen LogP contribution in [0.15, 0.2) is 24.4 Å². The van der Waals surface area contributed by atoms with Crippen LogP contribution < -0.4 is 14.8 Å². The van der Waals surface area contributed by atoms with Gasteiger partial charge >= 0.3 is 12.1 Å². The van der Waals surface area contributed by atoms with Crippen LogP contribution in [0, 0.1) is 0 Å². The summed E-state index contributed by atoms with van der Waals surface area (Å²) in [6, 6.07) is 4.36. The average molecular weight is 660 g/mol. The van der Waals surface area contributed by atoms with Crippen molar-refractivity contribution in [3.63, 3.8) is 0 Å². The number of alkyl halides is 1. The summed E-state index contributed by atoms with van der Waals surface area (Å²) in [6.07, 6.45) is 0.958. The van der Waals surface area contributed by atoms with Crippen LogP contribution in [0.5, 0.6) is 11.6 Å². The lowest BCUT2D eigenvalue weighted by molar-refractivity contribution is -0.149. The summed E-state index contributed by atoms with van der Waals surface area (Å²) in [5.74, 6) is -0.0842. The van der Waals surface area contributed by atoms with Crippen LogP contribution in [-0.2, 0) is 19.1 Å². The quantitative estimate of drug-likeness (QED) is 0.266. The smallest absolute Gasteiger partial charge is 0.411 e. The molecule has 206 valence electrons. The molecule has 0 bridgehead atoms. The Labute approximate surface area is 239 Å². The number of hydrogen-bond donors (Lipinski definition) is 1. The van der Waals surface area contributed by atoms with Crippen molar-refractivity contribution in [2.24, 2.45) is 0 Å². The largest absolute Gasteiger partial charge is 0.494 e. The van der Waals surface area contributed by atoms with Crippen molar-refractivity contribution >= 4 is 62.9 Å². The van der Waals surface area contributed by atoms with Crippen LogP contribution in [0.2, 0.25) is 5.02 Å². The predicted octanol–water partition coefficient (Wildman–Crippen LogP) is 4.28. The van der Waals surface area contributed by atoms with E-state index < -0.39 is 41.3 Å². The van der Waals surface area contributed by atoms with Gasteiger partial charge in [0.25, 0.3) is 0 Å². The number of aromatic nitrogens is 1.